The van der Waals surface area contributed by atoms with Gasteiger partial charge in [0.05, 0.1) is 35.8 Å². The minimum absolute atomic E-state index is 0.0233. The lowest BCUT2D eigenvalue weighted by Gasteiger charge is -2.26. The average Bonchev–Trinajstić information content (AvgIpc) is 3.46. The van der Waals surface area contributed by atoms with Crippen molar-refractivity contribution in [1.29, 1.82) is 0 Å². The van der Waals surface area contributed by atoms with Gasteiger partial charge in [-0.15, -0.1) is 0 Å². The summed E-state index contributed by atoms with van der Waals surface area (Å²) in [5.41, 5.74) is 4.66. The molecule has 3 heterocycles. The van der Waals surface area contributed by atoms with E-state index in [-0.39, 0.29) is 11.6 Å². The first kappa shape index (κ1) is 18.5. The topological polar surface area (TPSA) is 76.0 Å². The molecule has 1 aliphatic carbocycles. The van der Waals surface area contributed by atoms with Crippen LogP contribution in [0.25, 0.3) is 10.9 Å². The van der Waals surface area contributed by atoms with Crippen molar-refractivity contribution in [2.24, 2.45) is 0 Å². The van der Waals surface area contributed by atoms with Crippen LogP contribution in [0.3, 0.4) is 0 Å². The predicted molar refractivity (Wildman–Crippen MR) is 111 cm³/mol. The molecule has 7 nitrogen and oxygen atoms in total. The summed E-state index contributed by atoms with van der Waals surface area (Å²) in [6.45, 7) is 2.82. The molecule has 0 radical (unpaired) electrons. The Labute approximate surface area is 169 Å². The van der Waals surface area contributed by atoms with E-state index < -0.39 is 0 Å². The monoisotopic (exact) mass is 393 g/mol. The number of H-pyrrole nitrogens is 1. The molecule has 1 fully saturated rings. The number of hydrogen-bond donors (Lipinski definition) is 1. The summed E-state index contributed by atoms with van der Waals surface area (Å²) in [5.74, 6) is 0.857. The molecule has 7 heteroatoms. The number of nitrogens with one attached hydrogen (secondary N) is 1. The second kappa shape index (κ2) is 7.72. The molecule has 1 saturated heterocycles. The summed E-state index contributed by atoms with van der Waals surface area (Å²) in [5, 5.41) is 8.49. The van der Waals surface area contributed by atoms with Gasteiger partial charge < -0.3 is 4.74 Å². The van der Waals surface area contributed by atoms with Crippen LogP contribution in [0.4, 0.5) is 0 Å². The lowest BCUT2D eigenvalue weighted by atomic mass is 10.1. The van der Waals surface area contributed by atoms with Gasteiger partial charge in [-0.2, -0.15) is 5.10 Å². The van der Waals surface area contributed by atoms with E-state index >= 15 is 0 Å². The fourth-order valence-electron chi connectivity index (χ4n) is 4.86. The van der Waals surface area contributed by atoms with E-state index in [0.29, 0.717) is 18.5 Å². The molecular weight excluding hydrogens is 366 g/mol. The van der Waals surface area contributed by atoms with E-state index in [0.717, 1.165) is 55.8 Å². The van der Waals surface area contributed by atoms with E-state index in [2.05, 4.69) is 15.1 Å². The molecule has 1 aromatic carbocycles. The zero-order chi connectivity index (χ0) is 19.8. The number of hydrogen-bond acceptors (Lipinski definition) is 5. The fraction of sp³-hybridized carbons (Fsp3) is 0.500. The van der Waals surface area contributed by atoms with Crippen LogP contribution in [0.5, 0.6) is 0 Å². The summed E-state index contributed by atoms with van der Waals surface area (Å²) in [6, 6.07) is 7.75. The van der Waals surface area contributed by atoms with Crippen LogP contribution in [-0.2, 0) is 30.7 Å². The summed E-state index contributed by atoms with van der Waals surface area (Å²) in [7, 11) is 1.67. The van der Waals surface area contributed by atoms with Gasteiger partial charge in [0.1, 0.15) is 5.82 Å². The van der Waals surface area contributed by atoms with Gasteiger partial charge in [0.15, 0.2) is 0 Å². The number of fused-ring (bicyclic) bond motifs is 2. The van der Waals surface area contributed by atoms with Gasteiger partial charge in [-0.3, -0.25) is 19.4 Å². The number of likely N-dealkylation sites (tertiary alicyclic amines) is 1. The predicted octanol–water partition coefficient (Wildman–Crippen LogP) is 2.59. The Kier molecular flexibility index (Phi) is 4.93. The number of nitrogens with zero attached hydrogens (tertiary/aromatic N) is 4. The van der Waals surface area contributed by atoms with Crippen LogP contribution in [0, 0.1) is 0 Å². The lowest BCUT2D eigenvalue weighted by Crippen LogP contribution is -2.33. The Morgan fingerprint density at radius 3 is 3.03 bits per heavy atom. The molecule has 1 N–H and O–H groups in total. The number of aromatic nitrogens is 4. The van der Waals surface area contributed by atoms with Gasteiger partial charge in [0.2, 0.25) is 0 Å². The molecule has 2 aliphatic rings. The minimum Gasteiger partial charge on any atom is -0.383 e. The first-order valence-corrected chi connectivity index (χ1v) is 10.5. The maximum Gasteiger partial charge on any atom is 0.261 e. The molecule has 1 aliphatic heterocycles. The molecular formula is C22H27N5O2. The summed E-state index contributed by atoms with van der Waals surface area (Å²) in [4.78, 5) is 20.6. The molecule has 29 heavy (non-hydrogen) atoms. The maximum atomic E-state index is 13.2. The van der Waals surface area contributed by atoms with E-state index in [4.69, 9.17) is 9.72 Å². The van der Waals surface area contributed by atoms with Crippen LogP contribution in [0.15, 0.2) is 29.1 Å². The van der Waals surface area contributed by atoms with Gasteiger partial charge in [0.25, 0.3) is 5.56 Å². The molecule has 152 valence electrons. The van der Waals surface area contributed by atoms with Gasteiger partial charge in [-0.05, 0) is 56.3 Å². The van der Waals surface area contributed by atoms with Crippen LogP contribution in [-0.4, -0.2) is 44.9 Å². The van der Waals surface area contributed by atoms with Gasteiger partial charge >= 0.3 is 0 Å². The first-order chi connectivity index (χ1) is 14.3. The summed E-state index contributed by atoms with van der Waals surface area (Å²) in [6.07, 6.45) is 5.54. The van der Waals surface area contributed by atoms with Crippen LogP contribution >= 0.6 is 0 Å². The highest BCUT2D eigenvalue weighted by molar-refractivity contribution is 5.77. The van der Waals surface area contributed by atoms with Crippen molar-refractivity contribution in [3.8, 4) is 0 Å². The molecule has 1 atom stereocenters. The molecule has 0 amide bonds. The van der Waals surface area contributed by atoms with Crippen molar-refractivity contribution < 1.29 is 4.74 Å². The Hall–Kier alpha value is -2.51. The lowest BCUT2D eigenvalue weighted by molar-refractivity contribution is 0.178. The second-order valence-corrected chi connectivity index (χ2v) is 8.05. The highest BCUT2D eigenvalue weighted by Gasteiger charge is 2.32. The zero-order valence-corrected chi connectivity index (χ0v) is 16.9. The second-order valence-electron chi connectivity index (χ2n) is 8.05. The Bertz CT molecular complexity index is 1090. The highest BCUT2D eigenvalue weighted by Crippen LogP contribution is 2.34. The SMILES string of the molecule is COCCn1c(C2CCCN2Cc2n[nH]c3c2CCC3)nc2ccccc2c1=O. The quantitative estimate of drug-likeness (QED) is 0.697. The highest BCUT2D eigenvalue weighted by atomic mass is 16.5. The van der Waals surface area contributed by atoms with Crippen LogP contribution < -0.4 is 5.56 Å². The number of benzene rings is 1. The summed E-state index contributed by atoms with van der Waals surface area (Å²) >= 11 is 0. The van der Waals surface area contributed by atoms with Crippen LogP contribution in [0.2, 0.25) is 0 Å². The van der Waals surface area contributed by atoms with E-state index in [1.807, 2.05) is 28.8 Å². The van der Waals surface area contributed by atoms with E-state index in [9.17, 15) is 4.79 Å². The largest absolute Gasteiger partial charge is 0.383 e. The van der Waals surface area contributed by atoms with Crippen molar-refractivity contribution in [2.45, 2.75) is 51.2 Å². The molecule has 5 rings (SSSR count). The van der Waals surface area contributed by atoms with E-state index in [1.165, 1.54) is 17.7 Å². The minimum atomic E-state index is 0.0233. The number of rotatable bonds is 6. The van der Waals surface area contributed by atoms with E-state index in [1.54, 1.807) is 7.11 Å². The van der Waals surface area contributed by atoms with Gasteiger partial charge in [0, 0.05) is 19.3 Å². The summed E-state index contributed by atoms with van der Waals surface area (Å²) < 4.78 is 7.10. The number of ether oxygens (including phenoxy) is 1. The van der Waals surface area contributed by atoms with Crippen molar-refractivity contribution in [3.05, 3.63) is 57.4 Å². The molecule has 3 aromatic rings. The van der Waals surface area contributed by atoms with Gasteiger partial charge in [-0.25, -0.2) is 4.98 Å². The first-order valence-electron chi connectivity index (χ1n) is 10.5. The smallest absolute Gasteiger partial charge is 0.261 e. The number of methoxy groups -OCH3 is 1. The number of para-hydroxylation sites is 1. The van der Waals surface area contributed by atoms with Crippen molar-refractivity contribution in [3.63, 3.8) is 0 Å². The molecule has 2 aromatic heterocycles. The molecule has 0 saturated carbocycles. The Morgan fingerprint density at radius 1 is 1.24 bits per heavy atom. The Morgan fingerprint density at radius 2 is 2.14 bits per heavy atom. The van der Waals surface area contributed by atoms with Crippen LogP contribution in [0.1, 0.15) is 48.1 Å². The zero-order valence-electron chi connectivity index (χ0n) is 16.9. The van der Waals surface area contributed by atoms with Crippen molar-refractivity contribution in [2.75, 3.05) is 20.3 Å². The fourth-order valence-corrected chi connectivity index (χ4v) is 4.86. The van der Waals surface area contributed by atoms with Crippen molar-refractivity contribution >= 4 is 10.9 Å². The molecule has 0 spiro atoms. The third-order valence-electron chi connectivity index (χ3n) is 6.32. The maximum absolute atomic E-state index is 13.2. The normalized spacial score (nSPS) is 19.3. The molecule has 1 unspecified atom stereocenters. The number of aryl methyl sites for hydroxylation is 1. The van der Waals surface area contributed by atoms with Crippen molar-refractivity contribution in [1.82, 2.24) is 24.6 Å². The number of aromatic amines is 1. The third-order valence-corrected chi connectivity index (χ3v) is 6.32. The standard InChI is InChI=1S/C22H27N5O2/c1-29-13-12-27-21(23-17-8-3-2-6-16(17)22(27)28)20-10-5-11-26(20)14-19-15-7-4-9-18(15)24-25-19/h2-3,6,8,20H,4-5,7,9-14H2,1H3,(H,24,25). The third kappa shape index (κ3) is 3.28. The Balaban J connectivity index is 1.53. The average molecular weight is 393 g/mol. The van der Waals surface area contributed by atoms with Gasteiger partial charge in [-0.1, -0.05) is 12.1 Å². The molecule has 0 bridgehead atoms.